The highest BCUT2D eigenvalue weighted by molar-refractivity contribution is 6.33. The van der Waals surface area contributed by atoms with Crippen molar-refractivity contribution in [3.8, 4) is 11.1 Å². The number of halogens is 1. The fraction of sp³-hybridized carbons (Fsp3) is 0.333. The Kier molecular flexibility index (Phi) is 5.66. The topological polar surface area (TPSA) is 15.3 Å². The lowest BCUT2D eigenvalue weighted by Gasteiger charge is -2.13. The van der Waals surface area contributed by atoms with Gasteiger partial charge < -0.3 is 10.2 Å². The lowest BCUT2D eigenvalue weighted by molar-refractivity contribution is 0.675. The minimum atomic E-state index is 0.809. The van der Waals surface area contributed by atoms with E-state index < -0.39 is 0 Å². The summed E-state index contributed by atoms with van der Waals surface area (Å²) in [7, 11) is 4.08. The van der Waals surface area contributed by atoms with Crippen LogP contribution in [0.25, 0.3) is 11.1 Å². The molecule has 0 fully saturated rings. The molecule has 0 bridgehead atoms. The smallest absolute Gasteiger partial charge is 0.0487 e. The number of benzene rings is 2. The molecular weight excluding hydrogens is 280 g/mol. The summed E-state index contributed by atoms with van der Waals surface area (Å²) in [5.74, 6) is 0. The van der Waals surface area contributed by atoms with Crippen molar-refractivity contribution in [3.05, 3.63) is 53.1 Å². The molecule has 1 N–H and O–H groups in total. The number of anilines is 1. The van der Waals surface area contributed by atoms with E-state index in [9.17, 15) is 0 Å². The summed E-state index contributed by atoms with van der Waals surface area (Å²) in [6.07, 6.45) is 1.14. The van der Waals surface area contributed by atoms with Gasteiger partial charge in [0, 0.05) is 36.9 Å². The molecule has 0 saturated heterocycles. The standard InChI is InChI=1S/C18H23ClN2/c1-4-11-20-13-14-5-10-17(18(19)12-14)15-6-8-16(9-7-15)21(2)3/h5-10,12,20H,4,11,13H2,1-3H3. The Morgan fingerprint density at radius 1 is 1.05 bits per heavy atom. The van der Waals surface area contributed by atoms with Gasteiger partial charge in [-0.05, 0) is 42.3 Å². The van der Waals surface area contributed by atoms with Gasteiger partial charge >= 0.3 is 0 Å². The first kappa shape index (κ1) is 15.9. The molecule has 0 aliphatic heterocycles. The molecule has 0 amide bonds. The van der Waals surface area contributed by atoms with Crippen molar-refractivity contribution in [1.82, 2.24) is 5.32 Å². The first-order valence-corrected chi connectivity index (χ1v) is 7.76. The van der Waals surface area contributed by atoms with Crippen LogP contribution in [0, 0.1) is 0 Å². The largest absolute Gasteiger partial charge is 0.378 e. The molecule has 2 nitrogen and oxygen atoms in total. The van der Waals surface area contributed by atoms with Crippen LogP contribution in [0.5, 0.6) is 0 Å². The van der Waals surface area contributed by atoms with Crippen LogP contribution in [0.15, 0.2) is 42.5 Å². The van der Waals surface area contributed by atoms with Crippen LogP contribution >= 0.6 is 11.6 Å². The number of rotatable bonds is 6. The van der Waals surface area contributed by atoms with E-state index in [1.807, 2.05) is 14.1 Å². The highest BCUT2D eigenvalue weighted by Gasteiger charge is 2.05. The van der Waals surface area contributed by atoms with E-state index in [4.69, 9.17) is 11.6 Å². The summed E-state index contributed by atoms with van der Waals surface area (Å²) >= 11 is 6.44. The second kappa shape index (κ2) is 7.48. The Balaban J connectivity index is 2.16. The normalized spacial score (nSPS) is 10.7. The number of nitrogens with one attached hydrogen (secondary N) is 1. The molecular formula is C18H23ClN2. The van der Waals surface area contributed by atoms with Gasteiger partial charge in [-0.15, -0.1) is 0 Å². The van der Waals surface area contributed by atoms with Crippen LogP contribution in [0.1, 0.15) is 18.9 Å². The van der Waals surface area contributed by atoms with E-state index >= 15 is 0 Å². The Labute approximate surface area is 132 Å². The lowest BCUT2D eigenvalue weighted by Crippen LogP contribution is -2.13. The van der Waals surface area contributed by atoms with Crippen molar-refractivity contribution in [2.45, 2.75) is 19.9 Å². The quantitative estimate of drug-likeness (QED) is 0.786. The Bertz CT molecular complexity index is 576. The summed E-state index contributed by atoms with van der Waals surface area (Å²) in [6.45, 7) is 4.07. The zero-order valence-electron chi connectivity index (χ0n) is 13.0. The summed E-state index contributed by atoms with van der Waals surface area (Å²) in [5.41, 5.74) is 4.65. The fourth-order valence-electron chi connectivity index (χ4n) is 2.25. The highest BCUT2D eigenvalue weighted by Crippen LogP contribution is 2.30. The summed E-state index contributed by atoms with van der Waals surface area (Å²) in [5, 5.41) is 4.20. The van der Waals surface area contributed by atoms with E-state index in [0.29, 0.717) is 0 Å². The minimum Gasteiger partial charge on any atom is -0.378 e. The third-order valence-corrected chi connectivity index (χ3v) is 3.80. The van der Waals surface area contributed by atoms with Gasteiger partial charge in [-0.1, -0.05) is 42.8 Å². The monoisotopic (exact) mass is 302 g/mol. The predicted molar refractivity (Wildman–Crippen MR) is 93.2 cm³/mol. The molecule has 0 aliphatic rings. The molecule has 112 valence electrons. The van der Waals surface area contributed by atoms with E-state index in [1.54, 1.807) is 0 Å². The zero-order chi connectivity index (χ0) is 15.2. The predicted octanol–water partition coefficient (Wildman–Crippen LogP) is 4.57. The van der Waals surface area contributed by atoms with Crippen LogP contribution in [0.4, 0.5) is 5.69 Å². The Hall–Kier alpha value is -1.51. The van der Waals surface area contributed by atoms with Crippen molar-refractivity contribution < 1.29 is 0 Å². The molecule has 2 aromatic rings. The first-order valence-electron chi connectivity index (χ1n) is 7.38. The van der Waals surface area contributed by atoms with Gasteiger partial charge in [-0.25, -0.2) is 0 Å². The first-order chi connectivity index (χ1) is 10.1. The molecule has 0 atom stereocenters. The third kappa shape index (κ3) is 4.23. The van der Waals surface area contributed by atoms with Crippen molar-refractivity contribution in [3.63, 3.8) is 0 Å². The van der Waals surface area contributed by atoms with Gasteiger partial charge in [0.25, 0.3) is 0 Å². The fourth-order valence-corrected chi connectivity index (χ4v) is 2.56. The van der Waals surface area contributed by atoms with E-state index in [-0.39, 0.29) is 0 Å². The summed E-state index contributed by atoms with van der Waals surface area (Å²) < 4.78 is 0. The van der Waals surface area contributed by atoms with E-state index in [1.165, 1.54) is 11.3 Å². The molecule has 0 spiro atoms. The highest BCUT2D eigenvalue weighted by atomic mass is 35.5. The molecule has 0 heterocycles. The molecule has 2 aromatic carbocycles. The van der Waals surface area contributed by atoms with Crippen LogP contribution < -0.4 is 10.2 Å². The molecule has 0 aliphatic carbocycles. The number of hydrogen-bond acceptors (Lipinski definition) is 2. The molecule has 0 radical (unpaired) electrons. The number of hydrogen-bond donors (Lipinski definition) is 1. The molecule has 0 aromatic heterocycles. The van der Waals surface area contributed by atoms with Crippen molar-refractivity contribution in [1.29, 1.82) is 0 Å². The number of nitrogens with zero attached hydrogens (tertiary/aromatic N) is 1. The van der Waals surface area contributed by atoms with Crippen LogP contribution in [-0.2, 0) is 6.54 Å². The zero-order valence-corrected chi connectivity index (χ0v) is 13.7. The van der Waals surface area contributed by atoms with Crippen LogP contribution in [0.3, 0.4) is 0 Å². The molecule has 21 heavy (non-hydrogen) atoms. The van der Waals surface area contributed by atoms with Gasteiger partial charge in [0.05, 0.1) is 0 Å². The summed E-state index contributed by atoms with van der Waals surface area (Å²) in [4.78, 5) is 2.09. The molecule has 3 heteroatoms. The average molecular weight is 303 g/mol. The van der Waals surface area contributed by atoms with Gasteiger partial charge in [-0.3, -0.25) is 0 Å². The second-order valence-electron chi connectivity index (χ2n) is 5.43. The molecule has 0 saturated carbocycles. The lowest BCUT2D eigenvalue weighted by atomic mass is 10.0. The van der Waals surface area contributed by atoms with Crippen LogP contribution in [0.2, 0.25) is 5.02 Å². The van der Waals surface area contributed by atoms with Crippen LogP contribution in [-0.4, -0.2) is 20.6 Å². The maximum Gasteiger partial charge on any atom is 0.0487 e. The van der Waals surface area contributed by atoms with Crippen molar-refractivity contribution >= 4 is 17.3 Å². The second-order valence-corrected chi connectivity index (χ2v) is 5.84. The average Bonchev–Trinajstić information content (AvgIpc) is 2.48. The Morgan fingerprint density at radius 3 is 2.33 bits per heavy atom. The maximum absolute atomic E-state index is 6.44. The van der Waals surface area contributed by atoms with Gasteiger partial charge in [0.15, 0.2) is 0 Å². The SMILES string of the molecule is CCCNCc1ccc(-c2ccc(N(C)C)cc2)c(Cl)c1. The van der Waals surface area contributed by atoms with Gasteiger partial charge in [0.1, 0.15) is 0 Å². The summed E-state index contributed by atoms with van der Waals surface area (Å²) in [6, 6.07) is 14.8. The van der Waals surface area contributed by atoms with E-state index in [0.717, 1.165) is 35.7 Å². The van der Waals surface area contributed by atoms with Gasteiger partial charge in [-0.2, -0.15) is 0 Å². The van der Waals surface area contributed by atoms with E-state index in [2.05, 4.69) is 59.6 Å². The molecule has 0 unspecified atom stereocenters. The minimum absolute atomic E-state index is 0.809. The van der Waals surface area contributed by atoms with Crippen molar-refractivity contribution in [2.75, 3.05) is 25.5 Å². The maximum atomic E-state index is 6.44. The van der Waals surface area contributed by atoms with Crippen molar-refractivity contribution in [2.24, 2.45) is 0 Å². The third-order valence-electron chi connectivity index (χ3n) is 3.48. The van der Waals surface area contributed by atoms with Gasteiger partial charge in [0.2, 0.25) is 0 Å². The Morgan fingerprint density at radius 2 is 1.76 bits per heavy atom. The molecule has 2 rings (SSSR count).